The Kier molecular flexibility index (Phi) is 8.50. The lowest BCUT2D eigenvalue weighted by atomic mass is 9.95. The van der Waals surface area contributed by atoms with E-state index in [9.17, 15) is 0 Å². The van der Waals surface area contributed by atoms with E-state index in [4.69, 9.17) is 4.98 Å². The molecule has 0 radical (unpaired) electrons. The molecule has 0 unspecified atom stereocenters. The topological polar surface area (TPSA) is 56.3 Å². The predicted molar refractivity (Wildman–Crippen MR) is 143 cm³/mol. The molecule has 0 spiro atoms. The molecular formula is C28H38N6. The van der Waals surface area contributed by atoms with Crippen molar-refractivity contribution in [1.29, 1.82) is 0 Å². The summed E-state index contributed by atoms with van der Waals surface area (Å²) in [5.41, 5.74) is 4.34. The lowest BCUT2D eigenvalue weighted by molar-refractivity contribution is 0.148. The van der Waals surface area contributed by atoms with Gasteiger partial charge in [0.25, 0.3) is 0 Å². The molecule has 2 heterocycles. The van der Waals surface area contributed by atoms with E-state index in [2.05, 4.69) is 69.9 Å². The first-order valence-corrected chi connectivity index (χ1v) is 12.5. The van der Waals surface area contributed by atoms with E-state index >= 15 is 0 Å². The van der Waals surface area contributed by atoms with Crippen molar-refractivity contribution in [3.05, 3.63) is 73.1 Å². The van der Waals surface area contributed by atoms with E-state index in [1.807, 2.05) is 12.3 Å². The summed E-state index contributed by atoms with van der Waals surface area (Å²) >= 11 is 0. The second kappa shape index (κ2) is 12.0. The van der Waals surface area contributed by atoms with Crippen molar-refractivity contribution in [3.8, 4) is 11.1 Å². The number of hydrogen-bond donors (Lipinski definition) is 2. The van der Waals surface area contributed by atoms with Crippen LogP contribution in [0, 0.1) is 0 Å². The Bertz CT molecular complexity index is 982. The normalized spacial score (nSPS) is 18.4. The Morgan fingerprint density at radius 3 is 2.47 bits per heavy atom. The molecule has 2 aliphatic rings. The molecule has 0 bridgehead atoms. The Morgan fingerprint density at radius 1 is 1.06 bits per heavy atom. The van der Waals surface area contributed by atoms with Gasteiger partial charge in [-0.15, -0.1) is 0 Å². The lowest BCUT2D eigenvalue weighted by Gasteiger charge is -2.32. The summed E-state index contributed by atoms with van der Waals surface area (Å²) in [6.45, 7) is 13.2. The van der Waals surface area contributed by atoms with Gasteiger partial charge >= 0.3 is 0 Å². The molecule has 1 saturated carbocycles. The third-order valence-corrected chi connectivity index (χ3v) is 6.78. The van der Waals surface area contributed by atoms with Crippen LogP contribution >= 0.6 is 0 Å². The number of aromatic nitrogens is 2. The molecule has 6 nitrogen and oxygen atoms in total. The van der Waals surface area contributed by atoms with E-state index in [0.717, 1.165) is 55.4 Å². The van der Waals surface area contributed by atoms with Gasteiger partial charge in [-0.2, -0.15) is 4.98 Å². The molecule has 1 aliphatic heterocycles. The maximum Gasteiger partial charge on any atom is 0.229 e. The fourth-order valence-corrected chi connectivity index (χ4v) is 4.67. The lowest BCUT2D eigenvalue weighted by Crippen LogP contribution is -2.43. The molecule has 4 rings (SSSR count). The predicted octanol–water partition coefficient (Wildman–Crippen LogP) is 5.30. The van der Waals surface area contributed by atoms with Gasteiger partial charge in [-0.3, -0.25) is 4.90 Å². The molecule has 1 saturated heterocycles. The SMILES string of the molecule is C=C/C=C(\C=C)Nc1ncc(-c2ccc(CN3CCN(C)CC3)cc2)c(NC2CCCCC2)n1. The van der Waals surface area contributed by atoms with E-state index < -0.39 is 0 Å². The zero-order chi connectivity index (χ0) is 23.8. The molecule has 1 aromatic carbocycles. The van der Waals surface area contributed by atoms with Crippen LogP contribution in [0.4, 0.5) is 11.8 Å². The minimum Gasteiger partial charge on any atom is -0.367 e. The highest BCUT2D eigenvalue weighted by atomic mass is 15.2. The standard InChI is InChI=1S/C28H38N6/c1-4-9-24(5-2)31-28-29-20-26(27(32-28)30-25-10-7-6-8-11-25)23-14-12-22(13-15-23)21-34-18-16-33(3)17-19-34/h4-5,9,12-15,20,25H,1-2,6-8,10-11,16-19,21H2,3H3,(H2,29,30,31,32)/b24-9+. The Balaban J connectivity index is 1.54. The van der Waals surface area contributed by atoms with E-state index in [0.29, 0.717) is 12.0 Å². The average Bonchev–Trinajstić information content (AvgIpc) is 2.87. The number of hydrogen-bond acceptors (Lipinski definition) is 6. The van der Waals surface area contributed by atoms with E-state index in [1.165, 1.54) is 37.7 Å². The van der Waals surface area contributed by atoms with E-state index in [-0.39, 0.29) is 0 Å². The Labute approximate surface area is 204 Å². The fourth-order valence-electron chi connectivity index (χ4n) is 4.67. The molecule has 2 fully saturated rings. The minimum atomic E-state index is 0.453. The van der Waals surface area contributed by atoms with Crippen molar-refractivity contribution in [1.82, 2.24) is 19.8 Å². The molecule has 1 aliphatic carbocycles. The number of benzene rings is 1. The first-order valence-electron chi connectivity index (χ1n) is 12.5. The van der Waals surface area contributed by atoms with Crippen molar-refractivity contribution in [2.75, 3.05) is 43.9 Å². The maximum atomic E-state index is 4.87. The summed E-state index contributed by atoms with van der Waals surface area (Å²) in [6.07, 6.45) is 13.5. The Morgan fingerprint density at radius 2 is 1.79 bits per heavy atom. The van der Waals surface area contributed by atoms with Crippen molar-refractivity contribution in [2.24, 2.45) is 0 Å². The number of nitrogens with one attached hydrogen (secondary N) is 2. The number of piperazine rings is 1. The first kappa shape index (κ1) is 24.2. The number of allylic oxidation sites excluding steroid dienone is 3. The van der Waals surface area contributed by atoms with Gasteiger partial charge in [-0.05, 0) is 43.2 Å². The van der Waals surface area contributed by atoms with Crippen LogP contribution in [0.5, 0.6) is 0 Å². The van der Waals surface area contributed by atoms with Gasteiger partial charge in [0, 0.05) is 56.2 Å². The number of anilines is 2. The van der Waals surface area contributed by atoms with Gasteiger partial charge in [0.2, 0.25) is 5.95 Å². The van der Waals surface area contributed by atoms with Crippen LogP contribution in [-0.4, -0.2) is 59.0 Å². The van der Waals surface area contributed by atoms with Gasteiger partial charge in [0.15, 0.2) is 0 Å². The summed E-state index contributed by atoms with van der Waals surface area (Å²) in [5.74, 6) is 1.44. The van der Waals surface area contributed by atoms with Crippen molar-refractivity contribution < 1.29 is 0 Å². The van der Waals surface area contributed by atoms with Crippen LogP contribution in [0.25, 0.3) is 11.1 Å². The van der Waals surface area contributed by atoms with Gasteiger partial charge in [-0.25, -0.2) is 4.98 Å². The van der Waals surface area contributed by atoms with Crippen molar-refractivity contribution >= 4 is 11.8 Å². The quantitative estimate of drug-likeness (QED) is 0.497. The number of likely N-dealkylation sites (N-methyl/N-ethyl adjacent to an activating group) is 1. The smallest absolute Gasteiger partial charge is 0.229 e. The number of rotatable bonds is 9. The third-order valence-electron chi connectivity index (χ3n) is 6.78. The summed E-state index contributed by atoms with van der Waals surface area (Å²) in [5, 5.41) is 6.97. The Hall–Kier alpha value is -2.96. The van der Waals surface area contributed by atoms with Crippen LogP contribution in [0.15, 0.2) is 67.5 Å². The second-order valence-corrected chi connectivity index (χ2v) is 9.40. The van der Waals surface area contributed by atoms with Gasteiger partial charge in [0.05, 0.1) is 0 Å². The summed E-state index contributed by atoms with van der Waals surface area (Å²) in [7, 11) is 2.20. The molecule has 1 aromatic heterocycles. The summed E-state index contributed by atoms with van der Waals surface area (Å²) in [4.78, 5) is 14.4. The van der Waals surface area contributed by atoms with Crippen molar-refractivity contribution in [3.63, 3.8) is 0 Å². The second-order valence-electron chi connectivity index (χ2n) is 9.40. The summed E-state index contributed by atoms with van der Waals surface area (Å²) in [6, 6.07) is 9.35. The highest BCUT2D eigenvalue weighted by Crippen LogP contribution is 2.30. The van der Waals surface area contributed by atoms with Crippen LogP contribution in [0.2, 0.25) is 0 Å². The minimum absolute atomic E-state index is 0.453. The molecule has 34 heavy (non-hydrogen) atoms. The zero-order valence-electron chi connectivity index (χ0n) is 20.5. The van der Waals surface area contributed by atoms with Gasteiger partial charge in [0.1, 0.15) is 5.82 Å². The largest absolute Gasteiger partial charge is 0.367 e. The third kappa shape index (κ3) is 6.55. The van der Waals surface area contributed by atoms with Gasteiger partial charge in [-0.1, -0.05) is 62.8 Å². The average molecular weight is 459 g/mol. The molecule has 0 atom stereocenters. The van der Waals surface area contributed by atoms with Crippen LogP contribution in [0.3, 0.4) is 0 Å². The molecule has 180 valence electrons. The zero-order valence-corrected chi connectivity index (χ0v) is 20.5. The highest BCUT2D eigenvalue weighted by Gasteiger charge is 2.18. The monoisotopic (exact) mass is 458 g/mol. The number of nitrogens with zero attached hydrogens (tertiary/aromatic N) is 4. The molecular weight excluding hydrogens is 420 g/mol. The van der Waals surface area contributed by atoms with E-state index in [1.54, 1.807) is 12.2 Å². The van der Waals surface area contributed by atoms with Gasteiger partial charge < -0.3 is 15.5 Å². The van der Waals surface area contributed by atoms with Crippen LogP contribution < -0.4 is 10.6 Å². The van der Waals surface area contributed by atoms with Crippen LogP contribution in [0.1, 0.15) is 37.7 Å². The van der Waals surface area contributed by atoms with Crippen molar-refractivity contribution in [2.45, 2.75) is 44.7 Å². The first-order chi connectivity index (χ1) is 16.6. The summed E-state index contributed by atoms with van der Waals surface area (Å²) < 4.78 is 0. The molecule has 2 aromatic rings. The molecule has 6 heteroatoms. The molecule has 0 amide bonds. The highest BCUT2D eigenvalue weighted by molar-refractivity contribution is 5.75. The van der Waals surface area contributed by atoms with Crippen LogP contribution in [-0.2, 0) is 6.54 Å². The molecule has 2 N–H and O–H groups in total. The fraction of sp³-hybridized carbons (Fsp3) is 0.429. The maximum absolute atomic E-state index is 4.87.